The van der Waals surface area contributed by atoms with Crippen LogP contribution >= 0.6 is 15.9 Å². The molecule has 1 aliphatic rings. The summed E-state index contributed by atoms with van der Waals surface area (Å²) < 4.78 is 12.2. The molecule has 0 saturated carbocycles. The molecule has 2 rings (SSSR count). The highest BCUT2D eigenvalue weighted by molar-refractivity contribution is 9.10. The second-order valence-corrected chi connectivity index (χ2v) is 5.74. The molecule has 0 amide bonds. The van der Waals surface area contributed by atoms with E-state index in [0.717, 1.165) is 36.9 Å². The lowest BCUT2D eigenvalue weighted by Gasteiger charge is -2.40. The van der Waals surface area contributed by atoms with Gasteiger partial charge in [-0.15, -0.1) is 0 Å². The number of hydrogen-bond acceptors (Lipinski definition) is 3. The zero-order chi connectivity index (χ0) is 13.0. The number of ether oxygens (including phenoxy) is 2. The second kappa shape index (κ2) is 6.15. The molecule has 4 heteroatoms. The topological polar surface area (TPSA) is 44.5 Å². The van der Waals surface area contributed by atoms with E-state index in [1.165, 1.54) is 5.56 Å². The molecule has 0 radical (unpaired) electrons. The van der Waals surface area contributed by atoms with Crippen molar-refractivity contribution >= 4 is 15.9 Å². The van der Waals surface area contributed by atoms with Crippen LogP contribution in [0.2, 0.25) is 0 Å². The van der Waals surface area contributed by atoms with Crippen LogP contribution in [0.5, 0.6) is 0 Å². The summed E-state index contributed by atoms with van der Waals surface area (Å²) in [5.41, 5.74) is 7.38. The highest BCUT2D eigenvalue weighted by Crippen LogP contribution is 2.29. The molecule has 1 saturated heterocycles. The summed E-state index contributed by atoms with van der Waals surface area (Å²) in [4.78, 5) is 0. The first-order valence-corrected chi connectivity index (χ1v) is 7.08. The van der Waals surface area contributed by atoms with Crippen molar-refractivity contribution in [1.82, 2.24) is 0 Å². The van der Waals surface area contributed by atoms with Gasteiger partial charge in [0.25, 0.3) is 0 Å². The molecule has 18 heavy (non-hydrogen) atoms. The lowest BCUT2D eigenvalue weighted by atomic mass is 9.83. The van der Waals surface area contributed by atoms with Gasteiger partial charge in [-0.25, -0.2) is 0 Å². The summed E-state index contributed by atoms with van der Waals surface area (Å²) in [6.45, 7) is 1.47. The van der Waals surface area contributed by atoms with Crippen molar-refractivity contribution in [2.75, 3.05) is 20.3 Å². The molecular formula is C14H20BrNO2. The Morgan fingerprint density at radius 3 is 2.78 bits per heavy atom. The van der Waals surface area contributed by atoms with Crippen LogP contribution in [0.1, 0.15) is 18.4 Å². The van der Waals surface area contributed by atoms with Crippen molar-refractivity contribution in [2.24, 2.45) is 5.73 Å². The van der Waals surface area contributed by atoms with Crippen molar-refractivity contribution in [2.45, 2.75) is 30.9 Å². The fourth-order valence-corrected chi connectivity index (χ4v) is 2.99. The van der Waals surface area contributed by atoms with Gasteiger partial charge >= 0.3 is 0 Å². The highest BCUT2D eigenvalue weighted by Gasteiger charge is 2.38. The minimum absolute atomic E-state index is 0.000648. The van der Waals surface area contributed by atoms with Gasteiger partial charge in [0.15, 0.2) is 0 Å². The standard InChI is InChI=1S/C14H20BrNO2/c1-17-14(5-7-18-8-6-14)13(16)10-11-3-2-4-12(15)9-11/h2-4,9,13H,5-8,10,16H2,1H3. The molecule has 1 heterocycles. The van der Waals surface area contributed by atoms with Crippen LogP contribution in [-0.4, -0.2) is 32.0 Å². The molecule has 0 aromatic heterocycles. The predicted molar refractivity (Wildman–Crippen MR) is 75.6 cm³/mol. The minimum Gasteiger partial charge on any atom is -0.381 e. The number of methoxy groups -OCH3 is 1. The van der Waals surface area contributed by atoms with E-state index in [0.29, 0.717) is 0 Å². The summed E-state index contributed by atoms with van der Waals surface area (Å²) >= 11 is 3.49. The van der Waals surface area contributed by atoms with Gasteiger partial charge in [-0.2, -0.15) is 0 Å². The molecule has 0 aliphatic carbocycles. The van der Waals surface area contributed by atoms with Crippen LogP contribution in [0.15, 0.2) is 28.7 Å². The van der Waals surface area contributed by atoms with Crippen molar-refractivity contribution in [3.05, 3.63) is 34.3 Å². The van der Waals surface area contributed by atoms with Crippen molar-refractivity contribution in [3.63, 3.8) is 0 Å². The highest BCUT2D eigenvalue weighted by atomic mass is 79.9. The van der Waals surface area contributed by atoms with Crippen LogP contribution in [0.4, 0.5) is 0 Å². The van der Waals surface area contributed by atoms with Gasteiger partial charge in [-0.3, -0.25) is 0 Å². The van der Waals surface area contributed by atoms with Crippen molar-refractivity contribution in [3.8, 4) is 0 Å². The van der Waals surface area contributed by atoms with Crippen LogP contribution in [0.25, 0.3) is 0 Å². The fraction of sp³-hybridized carbons (Fsp3) is 0.571. The molecule has 0 spiro atoms. The third-order valence-electron chi connectivity index (χ3n) is 3.77. The summed E-state index contributed by atoms with van der Waals surface area (Å²) in [6.07, 6.45) is 2.57. The lowest BCUT2D eigenvalue weighted by molar-refractivity contribution is -0.103. The Balaban J connectivity index is 2.07. The van der Waals surface area contributed by atoms with Gasteiger partial charge < -0.3 is 15.2 Å². The molecule has 1 atom stereocenters. The van der Waals surface area contributed by atoms with Crippen molar-refractivity contribution in [1.29, 1.82) is 0 Å². The van der Waals surface area contributed by atoms with Crippen LogP contribution in [0.3, 0.4) is 0 Å². The average Bonchev–Trinajstić information content (AvgIpc) is 2.39. The van der Waals surface area contributed by atoms with Crippen LogP contribution in [-0.2, 0) is 15.9 Å². The van der Waals surface area contributed by atoms with Crippen molar-refractivity contribution < 1.29 is 9.47 Å². The van der Waals surface area contributed by atoms with E-state index < -0.39 is 0 Å². The number of rotatable bonds is 4. The molecular weight excluding hydrogens is 294 g/mol. The molecule has 1 unspecified atom stereocenters. The molecule has 100 valence electrons. The van der Waals surface area contributed by atoms with E-state index in [9.17, 15) is 0 Å². The molecule has 1 fully saturated rings. The molecule has 3 nitrogen and oxygen atoms in total. The maximum Gasteiger partial charge on any atom is 0.0875 e. The Morgan fingerprint density at radius 2 is 2.17 bits per heavy atom. The van der Waals surface area contributed by atoms with Gasteiger partial charge in [0.2, 0.25) is 0 Å². The average molecular weight is 314 g/mol. The molecule has 1 aromatic rings. The van der Waals surface area contributed by atoms with E-state index >= 15 is 0 Å². The molecule has 0 bridgehead atoms. The molecule has 2 N–H and O–H groups in total. The normalized spacial score (nSPS) is 20.6. The van der Waals surface area contributed by atoms with Gasteiger partial charge in [0.05, 0.1) is 5.60 Å². The Hall–Kier alpha value is -0.420. The second-order valence-electron chi connectivity index (χ2n) is 4.82. The number of hydrogen-bond donors (Lipinski definition) is 1. The first kappa shape index (κ1) is 14.0. The first-order valence-electron chi connectivity index (χ1n) is 6.29. The van der Waals surface area contributed by atoms with Crippen LogP contribution < -0.4 is 5.73 Å². The minimum atomic E-state index is -0.236. The number of halogens is 1. The van der Waals surface area contributed by atoms with E-state index in [4.69, 9.17) is 15.2 Å². The van der Waals surface area contributed by atoms with Crippen LogP contribution in [0, 0.1) is 0 Å². The third-order valence-corrected chi connectivity index (χ3v) is 4.26. The maximum absolute atomic E-state index is 6.38. The Bertz CT molecular complexity index is 391. The third kappa shape index (κ3) is 3.12. The zero-order valence-corrected chi connectivity index (χ0v) is 12.3. The van der Waals surface area contributed by atoms with E-state index in [1.54, 1.807) is 7.11 Å². The van der Waals surface area contributed by atoms with Gasteiger partial charge in [-0.1, -0.05) is 28.1 Å². The fourth-order valence-electron chi connectivity index (χ4n) is 2.55. The van der Waals surface area contributed by atoms with Gasteiger partial charge in [0.1, 0.15) is 0 Å². The number of nitrogens with two attached hydrogens (primary N) is 1. The summed E-state index contributed by atoms with van der Waals surface area (Å²) in [6, 6.07) is 8.28. The lowest BCUT2D eigenvalue weighted by Crippen LogP contribution is -2.53. The Kier molecular flexibility index (Phi) is 4.78. The van der Waals surface area contributed by atoms with Gasteiger partial charge in [0, 0.05) is 43.7 Å². The largest absolute Gasteiger partial charge is 0.381 e. The Morgan fingerprint density at radius 1 is 1.44 bits per heavy atom. The summed E-state index contributed by atoms with van der Waals surface area (Å²) in [5, 5.41) is 0. The Labute approximate surface area is 117 Å². The number of benzene rings is 1. The SMILES string of the molecule is COC1(C(N)Cc2cccc(Br)c2)CCOCC1. The summed E-state index contributed by atoms with van der Waals surface area (Å²) in [5.74, 6) is 0. The smallest absolute Gasteiger partial charge is 0.0875 e. The van der Waals surface area contributed by atoms with E-state index in [1.807, 2.05) is 12.1 Å². The monoisotopic (exact) mass is 313 g/mol. The van der Waals surface area contributed by atoms with E-state index in [-0.39, 0.29) is 11.6 Å². The molecule has 1 aliphatic heterocycles. The zero-order valence-electron chi connectivity index (χ0n) is 10.7. The summed E-state index contributed by atoms with van der Waals surface area (Å²) in [7, 11) is 1.76. The molecule has 1 aromatic carbocycles. The quantitative estimate of drug-likeness (QED) is 0.929. The first-order chi connectivity index (χ1) is 8.66. The van der Waals surface area contributed by atoms with E-state index in [2.05, 4.69) is 28.1 Å². The predicted octanol–water partition coefficient (Wildman–Crippen LogP) is 2.51. The maximum atomic E-state index is 6.38. The van der Waals surface area contributed by atoms with Gasteiger partial charge in [-0.05, 0) is 24.1 Å².